The molecule has 4 nitrogen and oxygen atoms in total. The van der Waals surface area contributed by atoms with E-state index < -0.39 is 12.0 Å². The quantitative estimate of drug-likeness (QED) is 0.830. The largest absolute Gasteiger partial charge is 0.480 e. The third-order valence-corrected chi connectivity index (χ3v) is 1.86. The van der Waals surface area contributed by atoms with Crippen molar-refractivity contribution in [1.29, 1.82) is 0 Å². The summed E-state index contributed by atoms with van der Waals surface area (Å²) >= 11 is 1.43. The third kappa shape index (κ3) is 5.05. The van der Waals surface area contributed by atoms with E-state index in [0.29, 0.717) is 6.42 Å². The molecule has 0 amide bonds. The standard InChI is InChI=1S/C6H8N2O2S.2ClH/c7-5(6(9)10)1-4-2-11-3-8-4;;/h2-3,5H,1,7H2,(H,9,10);2*1H/t5-;;/m0../s1. The summed E-state index contributed by atoms with van der Waals surface area (Å²) in [7, 11) is 0. The number of rotatable bonds is 3. The van der Waals surface area contributed by atoms with Crippen LogP contribution in [0.5, 0.6) is 0 Å². The maximum absolute atomic E-state index is 10.3. The number of carboxylic acids is 1. The van der Waals surface area contributed by atoms with Crippen LogP contribution in [0.2, 0.25) is 0 Å². The molecule has 1 aromatic rings. The van der Waals surface area contributed by atoms with E-state index >= 15 is 0 Å². The van der Waals surface area contributed by atoms with Gasteiger partial charge in [0.15, 0.2) is 0 Å². The molecule has 1 heterocycles. The van der Waals surface area contributed by atoms with Gasteiger partial charge in [-0.25, -0.2) is 4.98 Å². The number of halogens is 2. The number of thiazole rings is 1. The van der Waals surface area contributed by atoms with E-state index in [-0.39, 0.29) is 24.8 Å². The Bertz CT molecular complexity index is 243. The summed E-state index contributed by atoms with van der Waals surface area (Å²) in [6, 6.07) is -0.836. The van der Waals surface area contributed by atoms with E-state index in [0.717, 1.165) is 5.69 Å². The molecule has 1 rings (SSSR count). The lowest BCUT2D eigenvalue weighted by molar-refractivity contribution is -0.138. The maximum atomic E-state index is 10.3. The molecule has 0 aliphatic heterocycles. The maximum Gasteiger partial charge on any atom is 0.320 e. The van der Waals surface area contributed by atoms with E-state index in [1.807, 2.05) is 0 Å². The second-order valence-corrected chi connectivity index (χ2v) is 2.85. The van der Waals surface area contributed by atoms with Crippen molar-refractivity contribution < 1.29 is 9.90 Å². The highest BCUT2D eigenvalue weighted by molar-refractivity contribution is 7.07. The zero-order chi connectivity index (χ0) is 8.27. The fourth-order valence-electron chi connectivity index (χ4n) is 0.651. The molecule has 0 aliphatic rings. The van der Waals surface area contributed by atoms with Gasteiger partial charge in [0.25, 0.3) is 0 Å². The van der Waals surface area contributed by atoms with Gasteiger partial charge in [-0.1, -0.05) is 0 Å². The van der Waals surface area contributed by atoms with Crippen LogP contribution >= 0.6 is 36.2 Å². The number of aromatic nitrogens is 1. The molecule has 1 atom stereocenters. The number of nitrogens with zero attached hydrogens (tertiary/aromatic N) is 1. The van der Waals surface area contributed by atoms with Crippen LogP contribution in [0.25, 0.3) is 0 Å². The first-order chi connectivity index (χ1) is 5.20. The van der Waals surface area contributed by atoms with Crippen molar-refractivity contribution in [3.8, 4) is 0 Å². The average molecular weight is 245 g/mol. The van der Waals surface area contributed by atoms with Crippen molar-refractivity contribution in [3.05, 3.63) is 16.6 Å². The summed E-state index contributed by atoms with van der Waals surface area (Å²) in [5.74, 6) is -0.988. The molecular weight excluding hydrogens is 235 g/mol. The van der Waals surface area contributed by atoms with Crippen LogP contribution < -0.4 is 5.73 Å². The molecule has 0 saturated heterocycles. The number of hydrogen-bond donors (Lipinski definition) is 2. The summed E-state index contributed by atoms with van der Waals surface area (Å²) in [6.07, 6.45) is 0.304. The summed E-state index contributed by atoms with van der Waals surface area (Å²) < 4.78 is 0. The number of aliphatic carboxylic acids is 1. The number of nitrogens with two attached hydrogens (primary N) is 1. The van der Waals surface area contributed by atoms with Crippen LogP contribution in [0.15, 0.2) is 10.9 Å². The molecule has 1 aromatic heterocycles. The minimum absolute atomic E-state index is 0. The van der Waals surface area contributed by atoms with Crippen LogP contribution in [0.4, 0.5) is 0 Å². The molecule has 0 saturated carbocycles. The fraction of sp³-hybridized carbons (Fsp3) is 0.333. The zero-order valence-corrected chi connectivity index (χ0v) is 8.99. The first kappa shape index (κ1) is 15.1. The second kappa shape index (κ2) is 7.08. The van der Waals surface area contributed by atoms with Crippen LogP contribution in [0, 0.1) is 0 Å². The second-order valence-electron chi connectivity index (χ2n) is 2.13. The van der Waals surface area contributed by atoms with Gasteiger partial charge in [0.2, 0.25) is 0 Å². The molecule has 0 unspecified atom stereocenters. The van der Waals surface area contributed by atoms with Gasteiger partial charge < -0.3 is 10.8 Å². The predicted octanol–water partition coefficient (Wildman–Crippen LogP) is 0.941. The average Bonchev–Trinajstić information content (AvgIpc) is 2.39. The summed E-state index contributed by atoms with van der Waals surface area (Å²) in [5, 5.41) is 10.2. The Morgan fingerprint density at radius 2 is 2.31 bits per heavy atom. The summed E-state index contributed by atoms with van der Waals surface area (Å²) in [4.78, 5) is 14.2. The van der Waals surface area contributed by atoms with Crippen molar-refractivity contribution in [1.82, 2.24) is 4.98 Å². The molecule has 0 radical (unpaired) electrons. The van der Waals surface area contributed by atoms with Crippen LogP contribution in [0.1, 0.15) is 5.69 Å². The number of carboxylic acid groups (broad SMARTS) is 1. The number of carbonyl (C=O) groups is 1. The van der Waals surface area contributed by atoms with Crippen molar-refractivity contribution >= 4 is 42.1 Å². The van der Waals surface area contributed by atoms with Gasteiger partial charge in [-0.05, 0) is 0 Å². The minimum atomic E-state index is -0.988. The molecule has 7 heteroatoms. The van der Waals surface area contributed by atoms with Crippen molar-refractivity contribution in [2.24, 2.45) is 5.73 Å². The molecule has 76 valence electrons. The van der Waals surface area contributed by atoms with Gasteiger partial charge >= 0.3 is 5.97 Å². The van der Waals surface area contributed by atoms with Crippen molar-refractivity contribution in [2.75, 3.05) is 0 Å². The fourth-order valence-corrected chi connectivity index (χ4v) is 1.22. The van der Waals surface area contributed by atoms with Crippen molar-refractivity contribution in [2.45, 2.75) is 12.5 Å². The topological polar surface area (TPSA) is 76.2 Å². The summed E-state index contributed by atoms with van der Waals surface area (Å²) in [6.45, 7) is 0. The van der Waals surface area contributed by atoms with E-state index in [1.54, 1.807) is 10.9 Å². The normalized spacial score (nSPS) is 10.8. The third-order valence-electron chi connectivity index (χ3n) is 1.23. The van der Waals surface area contributed by atoms with Gasteiger partial charge in [-0.15, -0.1) is 36.2 Å². The van der Waals surface area contributed by atoms with Gasteiger partial charge in [0.05, 0.1) is 11.2 Å². The first-order valence-corrected chi connectivity index (χ1v) is 4.00. The van der Waals surface area contributed by atoms with Crippen LogP contribution in [-0.2, 0) is 11.2 Å². The SMILES string of the molecule is Cl.Cl.N[C@@H](Cc1cscn1)C(=O)O. The molecule has 3 N–H and O–H groups in total. The van der Waals surface area contributed by atoms with E-state index in [9.17, 15) is 4.79 Å². The zero-order valence-electron chi connectivity index (χ0n) is 6.54. The van der Waals surface area contributed by atoms with Crippen molar-refractivity contribution in [3.63, 3.8) is 0 Å². The minimum Gasteiger partial charge on any atom is -0.480 e. The van der Waals surface area contributed by atoms with Gasteiger partial charge in [0, 0.05) is 11.8 Å². The van der Waals surface area contributed by atoms with Gasteiger partial charge in [-0.2, -0.15) is 0 Å². The lowest BCUT2D eigenvalue weighted by atomic mass is 10.2. The van der Waals surface area contributed by atoms with Gasteiger partial charge in [0.1, 0.15) is 6.04 Å². The molecule has 0 aromatic carbocycles. The molecule has 0 spiro atoms. The Morgan fingerprint density at radius 3 is 2.69 bits per heavy atom. The highest BCUT2D eigenvalue weighted by atomic mass is 35.5. The van der Waals surface area contributed by atoms with E-state index in [4.69, 9.17) is 10.8 Å². The lowest BCUT2D eigenvalue weighted by Crippen LogP contribution is -2.32. The van der Waals surface area contributed by atoms with E-state index in [2.05, 4.69) is 4.98 Å². The summed E-state index contributed by atoms with van der Waals surface area (Å²) in [5.41, 5.74) is 7.67. The highest BCUT2D eigenvalue weighted by Gasteiger charge is 2.12. The Hall–Kier alpha value is -0.360. The number of hydrogen-bond acceptors (Lipinski definition) is 4. The Labute approximate surface area is 92.0 Å². The molecular formula is C6H10Cl2N2O2S. The Morgan fingerprint density at radius 1 is 1.69 bits per heavy atom. The molecule has 13 heavy (non-hydrogen) atoms. The van der Waals surface area contributed by atoms with E-state index in [1.165, 1.54) is 11.3 Å². The Balaban J connectivity index is 0. The predicted molar refractivity (Wildman–Crippen MR) is 55.9 cm³/mol. The molecule has 0 aliphatic carbocycles. The van der Waals surface area contributed by atoms with Crippen LogP contribution in [0.3, 0.4) is 0 Å². The van der Waals surface area contributed by atoms with Gasteiger partial charge in [-0.3, -0.25) is 4.79 Å². The smallest absolute Gasteiger partial charge is 0.320 e. The first-order valence-electron chi connectivity index (χ1n) is 3.05. The lowest BCUT2D eigenvalue weighted by Gasteiger charge is -2.01. The monoisotopic (exact) mass is 244 g/mol. The highest BCUT2D eigenvalue weighted by Crippen LogP contribution is 2.02. The van der Waals surface area contributed by atoms with Crippen LogP contribution in [-0.4, -0.2) is 22.1 Å². The Kier molecular flexibility index (Phi) is 8.24. The molecule has 0 fully saturated rings. The molecule has 0 bridgehead atoms.